The fraction of sp³-hybridized carbons (Fsp3) is 0.351. The number of hydrogen-bond acceptors (Lipinski definition) is 4. The van der Waals surface area contributed by atoms with E-state index in [1.165, 1.54) is 25.0 Å². The van der Waals surface area contributed by atoms with Gasteiger partial charge in [-0.1, -0.05) is 50.7 Å². The van der Waals surface area contributed by atoms with Crippen LogP contribution in [0.4, 0.5) is 20.2 Å². The first-order valence-corrected chi connectivity index (χ1v) is 15.6. The lowest BCUT2D eigenvalue weighted by Gasteiger charge is -2.26. The number of halogens is 2. The lowest BCUT2D eigenvalue weighted by Crippen LogP contribution is -2.09. The first-order valence-electron chi connectivity index (χ1n) is 15.6. The van der Waals surface area contributed by atoms with E-state index in [1.807, 2.05) is 0 Å². The molecule has 0 heterocycles. The third-order valence-corrected chi connectivity index (χ3v) is 8.96. The van der Waals surface area contributed by atoms with Crippen molar-refractivity contribution in [3.05, 3.63) is 107 Å². The predicted octanol–water partition coefficient (Wildman–Crippen LogP) is 10.4. The van der Waals surface area contributed by atoms with Crippen LogP contribution in [0.15, 0.2) is 72.8 Å². The topological polar surface area (TPSA) is 70.5 Å². The zero-order chi connectivity index (χ0) is 29.8. The molecule has 4 N–H and O–H groups in total. The van der Waals surface area contributed by atoms with Crippen molar-refractivity contribution < 1.29 is 18.3 Å². The molecule has 6 heteroatoms. The Morgan fingerprint density at radius 2 is 0.907 bits per heavy atom. The van der Waals surface area contributed by atoms with Crippen LogP contribution in [0.3, 0.4) is 0 Å². The molecule has 0 radical (unpaired) electrons. The summed E-state index contributed by atoms with van der Waals surface area (Å²) in [7, 11) is 0. The first-order chi connectivity index (χ1) is 20.9. The van der Waals surface area contributed by atoms with Crippen molar-refractivity contribution in [2.45, 2.75) is 82.5 Å². The average molecular weight is 583 g/mol. The van der Waals surface area contributed by atoms with Gasteiger partial charge in [0.2, 0.25) is 0 Å². The van der Waals surface area contributed by atoms with E-state index < -0.39 is 11.6 Å². The van der Waals surface area contributed by atoms with Gasteiger partial charge in [0.25, 0.3) is 0 Å². The van der Waals surface area contributed by atoms with Gasteiger partial charge in [-0.2, -0.15) is 0 Å². The normalized spacial score (nSPS) is 16.2. The van der Waals surface area contributed by atoms with Crippen LogP contribution in [0, 0.1) is 11.6 Å². The fourth-order valence-corrected chi connectivity index (χ4v) is 6.74. The number of rotatable bonds is 8. The summed E-state index contributed by atoms with van der Waals surface area (Å²) in [6.07, 6.45) is 11.3. The van der Waals surface area contributed by atoms with Crippen molar-refractivity contribution in [3.63, 3.8) is 0 Å². The van der Waals surface area contributed by atoms with Crippen molar-refractivity contribution in [2.24, 2.45) is 0 Å². The summed E-state index contributed by atoms with van der Waals surface area (Å²) in [6.45, 7) is 0. The zero-order valence-corrected chi connectivity index (χ0v) is 24.6. The van der Waals surface area contributed by atoms with Gasteiger partial charge in [-0.15, -0.1) is 0 Å². The standard InChI is InChI=1S/C37H40F2N2O2/c38-34-22-24(20-32(26-7-3-1-4-8-26)36(34)42-30-15-11-28(40)12-16-30)19-25-21-33(27-9-5-2-6-10-27)37(35(39)23-25)43-31-17-13-29(41)14-18-31/h11-18,20-23,26-27H,1-10,19,40-41H2. The smallest absolute Gasteiger partial charge is 0.166 e. The molecule has 4 aromatic rings. The summed E-state index contributed by atoms with van der Waals surface area (Å²) in [6, 6.07) is 21.3. The van der Waals surface area contributed by atoms with Crippen molar-refractivity contribution in [3.8, 4) is 23.0 Å². The summed E-state index contributed by atoms with van der Waals surface area (Å²) in [5.41, 5.74) is 16.3. The molecular weight excluding hydrogens is 542 g/mol. The fourth-order valence-electron chi connectivity index (χ4n) is 6.74. The number of hydrogen-bond donors (Lipinski definition) is 2. The third-order valence-electron chi connectivity index (χ3n) is 8.96. The molecular formula is C37H40F2N2O2. The van der Waals surface area contributed by atoms with Crippen LogP contribution in [0.1, 0.15) is 98.3 Å². The quantitative estimate of drug-likeness (QED) is 0.203. The Morgan fingerprint density at radius 3 is 1.28 bits per heavy atom. The molecule has 0 amide bonds. The van der Waals surface area contributed by atoms with E-state index in [2.05, 4.69) is 12.1 Å². The van der Waals surface area contributed by atoms with Crippen LogP contribution >= 0.6 is 0 Å². The lowest BCUT2D eigenvalue weighted by atomic mass is 9.81. The molecule has 0 bridgehead atoms. The van der Waals surface area contributed by atoms with Crippen LogP contribution in [-0.2, 0) is 6.42 Å². The average Bonchev–Trinajstić information content (AvgIpc) is 3.02. The predicted molar refractivity (Wildman–Crippen MR) is 169 cm³/mol. The van der Waals surface area contributed by atoms with E-state index in [4.69, 9.17) is 20.9 Å². The maximum absolute atomic E-state index is 15.9. The first kappa shape index (κ1) is 29.0. The molecule has 43 heavy (non-hydrogen) atoms. The molecule has 0 unspecified atom stereocenters. The molecule has 4 aromatic carbocycles. The molecule has 2 aliphatic carbocycles. The van der Waals surface area contributed by atoms with Crippen molar-refractivity contribution >= 4 is 11.4 Å². The van der Waals surface area contributed by atoms with Gasteiger partial charge < -0.3 is 20.9 Å². The highest BCUT2D eigenvalue weighted by Gasteiger charge is 2.26. The van der Waals surface area contributed by atoms with E-state index in [0.29, 0.717) is 29.3 Å². The summed E-state index contributed by atoms with van der Waals surface area (Å²) in [5.74, 6) is 1.30. The molecule has 0 saturated heterocycles. The Kier molecular flexibility index (Phi) is 8.82. The van der Waals surface area contributed by atoms with Crippen LogP contribution < -0.4 is 20.9 Å². The molecule has 2 fully saturated rings. The van der Waals surface area contributed by atoms with E-state index >= 15 is 8.78 Å². The second-order valence-corrected chi connectivity index (χ2v) is 12.2. The second kappa shape index (κ2) is 13.1. The third kappa shape index (κ3) is 6.96. The second-order valence-electron chi connectivity index (χ2n) is 12.2. The van der Waals surface area contributed by atoms with Crippen molar-refractivity contribution in [1.82, 2.24) is 0 Å². The summed E-state index contributed by atoms with van der Waals surface area (Å²) >= 11 is 0. The van der Waals surface area contributed by atoms with Gasteiger partial charge in [0.1, 0.15) is 11.5 Å². The highest BCUT2D eigenvalue weighted by Crippen LogP contribution is 2.43. The molecule has 0 spiro atoms. The van der Waals surface area contributed by atoms with Crippen LogP contribution in [0.5, 0.6) is 23.0 Å². The van der Waals surface area contributed by atoms with Crippen LogP contribution in [0.2, 0.25) is 0 Å². The molecule has 4 nitrogen and oxygen atoms in total. The van der Waals surface area contributed by atoms with E-state index in [0.717, 1.165) is 73.6 Å². The minimum absolute atomic E-state index is 0.220. The van der Waals surface area contributed by atoms with Gasteiger partial charge in [0.05, 0.1) is 0 Å². The van der Waals surface area contributed by atoms with Gasteiger partial charge in [-0.25, -0.2) is 8.78 Å². The SMILES string of the molecule is Nc1ccc(Oc2c(F)cc(Cc3cc(F)c(Oc4ccc(N)cc4)c(C4CCCCC4)c3)cc2C2CCCCC2)cc1. The highest BCUT2D eigenvalue weighted by molar-refractivity contribution is 5.50. The van der Waals surface area contributed by atoms with E-state index in [1.54, 1.807) is 48.5 Å². The van der Waals surface area contributed by atoms with Crippen LogP contribution in [-0.4, -0.2) is 0 Å². The van der Waals surface area contributed by atoms with Gasteiger partial charge in [0, 0.05) is 22.5 Å². The molecule has 0 aliphatic heterocycles. The molecule has 6 rings (SSSR count). The summed E-state index contributed by atoms with van der Waals surface area (Å²) in [5, 5.41) is 0. The number of nitrogen functional groups attached to an aromatic ring is 2. The number of ether oxygens (including phenoxy) is 2. The summed E-state index contributed by atoms with van der Waals surface area (Å²) in [4.78, 5) is 0. The lowest BCUT2D eigenvalue weighted by molar-refractivity contribution is 0.400. The monoisotopic (exact) mass is 582 g/mol. The van der Waals surface area contributed by atoms with Gasteiger partial charge in [-0.05, 0) is 116 Å². The number of nitrogens with two attached hydrogens (primary N) is 2. The number of anilines is 2. The Bertz CT molecular complexity index is 1420. The molecule has 224 valence electrons. The maximum Gasteiger partial charge on any atom is 0.166 e. The Hall–Kier alpha value is -4.06. The van der Waals surface area contributed by atoms with Crippen LogP contribution in [0.25, 0.3) is 0 Å². The van der Waals surface area contributed by atoms with Gasteiger partial charge in [0.15, 0.2) is 23.1 Å². The van der Waals surface area contributed by atoms with Crippen molar-refractivity contribution in [2.75, 3.05) is 11.5 Å². The zero-order valence-electron chi connectivity index (χ0n) is 24.6. The van der Waals surface area contributed by atoms with Gasteiger partial charge in [-0.3, -0.25) is 0 Å². The molecule has 0 atom stereocenters. The summed E-state index contributed by atoms with van der Waals surface area (Å²) < 4.78 is 44.0. The Morgan fingerprint density at radius 1 is 0.535 bits per heavy atom. The van der Waals surface area contributed by atoms with Crippen molar-refractivity contribution in [1.29, 1.82) is 0 Å². The number of benzene rings is 4. The Balaban J connectivity index is 1.34. The highest BCUT2D eigenvalue weighted by atomic mass is 19.1. The van der Waals surface area contributed by atoms with E-state index in [9.17, 15) is 0 Å². The Labute approximate surface area is 253 Å². The molecule has 2 saturated carbocycles. The minimum atomic E-state index is -0.397. The largest absolute Gasteiger partial charge is 0.454 e. The van der Waals surface area contributed by atoms with Gasteiger partial charge >= 0.3 is 0 Å². The molecule has 2 aliphatic rings. The van der Waals surface area contributed by atoms with E-state index in [-0.39, 0.29) is 23.3 Å². The maximum atomic E-state index is 15.9. The molecule has 0 aromatic heterocycles. The minimum Gasteiger partial charge on any atom is -0.454 e.